The van der Waals surface area contributed by atoms with Crippen molar-refractivity contribution < 1.29 is 13.2 Å². The van der Waals surface area contributed by atoms with Gasteiger partial charge in [0.15, 0.2) is 0 Å². The van der Waals surface area contributed by atoms with Crippen molar-refractivity contribution in [2.75, 3.05) is 19.6 Å². The first-order valence-electron chi connectivity index (χ1n) is 8.28. The first kappa shape index (κ1) is 16.4. The molecule has 0 radical (unpaired) electrons. The lowest BCUT2D eigenvalue weighted by molar-refractivity contribution is -0.128. The van der Waals surface area contributed by atoms with E-state index in [0.29, 0.717) is 5.69 Å². The van der Waals surface area contributed by atoms with Gasteiger partial charge < -0.3 is 4.90 Å². The van der Waals surface area contributed by atoms with Gasteiger partial charge >= 0.3 is 0 Å². The van der Waals surface area contributed by atoms with Crippen molar-refractivity contribution in [2.24, 2.45) is 7.05 Å². The Morgan fingerprint density at radius 1 is 1.26 bits per heavy atom. The summed E-state index contributed by atoms with van der Waals surface area (Å²) in [5.41, 5.74) is 0.645. The molecule has 2 heterocycles. The highest BCUT2D eigenvalue weighted by Crippen LogP contribution is 2.36. The number of hydrogen-bond acceptors (Lipinski definition) is 4. The minimum Gasteiger partial charge on any atom is -0.342 e. The van der Waals surface area contributed by atoms with Gasteiger partial charge in [0.25, 0.3) is 0 Å². The minimum atomic E-state index is -3.71. The van der Waals surface area contributed by atoms with Crippen LogP contribution in [0.3, 0.4) is 0 Å². The molecule has 1 aliphatic carbocycles. The van der Waals surface area contributed by atoms with Crippen LogP contribution in [0.15, 0.2) is 11.1 Å². The van der Waals surface area contributed by atoms with Gasteiger partial charge in [0, 0.05) is 32.3 Å². The summed E-state index contributed by atoms with van der Waals surface area (Å²) in [7, 11) is -1.98. The molecule has 3 rings (SSSR count). The molecule has 1 amide bonds. The summed E-state index contributed by atoms with van der Waals surface area (Å²) < 4.78 is 29.2. The van der Waals surface area contributed by atoms with Crippen molar-refractivity contribution in [3.63, 3.8) is 0 Å². The average Bonchev–Trinajstić information content (AvgIpc) is 3.24. The number of aromatic nitrogens is 2. The predicted octanol–water partition coefficient (Wildman–Crippen LogP) is 0.978. The first-order chi connectivity index (χ1) is 11.0. The quantitative estimate of drug-likeness (QED) is 0.866. The summed E-state index contributed by atoms with van der Waals surface area (Å²) in [5.74, 6) is 0.0504. The number of aryl methyl sites for hydroxylation is 1. The van der Waals surface area contributed by atoms with Crippen LogP contribution in [0.1, 0.15) is 50.1 Å². The lowest BCUT2D eigenvalue weighted by Gasteiger charge is -2.16. The molecule has 2 fully saturated rings. The number of rotatable bonds is 5. The van der Waals surface area contributed by atoms with Crippen LogP contribution in [-0.4, -0.2) is 48.6 Å². The fraction of sp³-hybridized carbons (Fsp3) is 0.733. The van der Waals surface area contributed by atoms with Crippen molar-refractivity contribution in [3.05, 3.63) is 11.9 Å². The van der Waals surface area contributed by atoms with Crippen LogP contribution in [0.25, 0.3) is 0 Å². The molecule has 1 aromatic heterocycles. The molecule has 23 heavy (non-hydrogen) atoms. The summed E-state index contributed by atoms with van der Waals surface area (Å²) in [6.45, 7) is 1.27. The Morgan fingerprint density at radius 2 is 1.91 bits per heavy atom. The molecule has 128 valence electrons. The molecule has 1 aromatic rings. The van der Waals surface area contributed by atoms with Crippen LogP contribution in [-0.2, 0) is 21.9 Å². The molecule has 0 aromatic carbocycles. The summed E-state index contributed by atoms with van der Waals surface area (Å²) in [6.07, 6.45) is 7.71. The summed E-state index contributed by atoms with van der Waals surface area (Å²) in [4.78, 5) is 14.0. The molecule has 1 aliphatic heterocycles. The smallest absolute Gasteiger partial charge is 0.244 e. The van der Waals surface area contributed by atoms with E-state index in [4.69, 9.17) is 0 Å². The Morgan fingerprint density at radius 3 is 2.57 bits per heavy atom. The van der Waals surface area contributed by atoms with Crippen LogP contribution < -0.4 is 4.72 Å². The molecule has 0 unspecified atom stereocenters. The van der Waals surface area contributed by atoms with E-state index in [1.54, 1.807) is 16.6 Å². The van der Waals surface area contributed by atoms with E-state index in [9.17, 15) is 13.2 Å². The molecule has 0 atom stereocenters. The third kappa shape index (κ3) is 3.58. The van der Waals surface area contributed by atoms with Crippen molar-refractivity contribution in [2.45, 2.75) is 49.3 Å². The predicted molar refractivity (Wildman–Crippen MR) is 85.4 cm³/mol. The van der Waals surface area contributed by atoms with Crippen LogP contribution in [0.2, 0.25) is 0 Å². The first-order valence-corrected chi connectivity index (χ1v) is 9.76. The number of carbonyl (C=O) groups excluding carboxylic acids is 1. The standard InChI is InChI=1S/C15H24N4O3S/c1-18-11-13(15(17-18)12-6-2-3-7-12)23(21,22)16-10-14(20)19-8-4-5-9-19/h11-12,16H,2-10H2,1H3. The van der Waals surface area contributed by atoms with E-state index in [0.717, 1.165) is 51.6 Å². The van der Waals surface area contributed by atoms with Crippen LogP contribution >= 0.6 is 0 Å². The Hall–Kier alpha value is -1.41. The zero-order valence-electron chi connectivity index (χ0n) is 13.5. The number of carbonyl (C=O) groups is 1. The molecule has 2 aliphatic rings. The van der Waals surface area contributed by atoms with Gasteiger partial charge in [-0.15, -0.1) is 0 Å². The molecule has 8 heteroatoms. The fourth-order valence-electron chi connectivity index (χ4n) is 3.49. The maximum Gasteiger partial charge on any atom is 0.244 e. The van der Waals surface area contributed by atoms with Gasteiger partial charge in [-0.05, 0) is 25.7 Å². The van der Waals surface area contributed by atoms with Crippen LogP contribution in [0, 0.1) is 0 Å². The Bertz CT molecular complexity index is 671. The number of nitrogens with one attached hydrogen (secondary N) is 1. The van der Waals surface area contributed by atoms with E-state index in [2.05, 4.69) is 9.82 Å². The maximum atomic E-state index is 12.6. The minimum absolute atomic E-state index is 0.155. The van der Waals surface area contributed by atoms with Gasteiger partial charge in [-0.2, -0.15) is 5.10 Å². The summed E-state index contributed by atoms with van der Waals surface area (Å²) in [6, 6.07) is 0. The largest absolute Gasteiger partial charge is 0.342 e. The average molecular weight is 340 g/mol. The van der Waals surface area contributed by atoms with E-state index >= 15 is 0 Å². The number of amides is 1. The van der Waals surface area contributed by atoms with E-state index in [1.165, 1.54) is 6.20 Å². The van der Waals surface area contributed by atoms with Gasteiger partial charge in [0.05, 0.1) is 12.2 Å². The van der Waals surface area contributed by atoms with E-state index < -0.39 is 10.0 Å². The van der Waals surface area contributed by atoms with Crippen molar-refractivity contribution in [1.29, 1.82) is 0 Å². The van der Waals surface area contributed by atoms with E-state index in [-0.39, 0.29) is 23.3 Å². The van der Waals surface area contributed by atoms with Gasteiger partial charge in [-0.3, -0.25) is 9.48 Å². The number of sulfonamides is 1. The monoisotopic (exact) mass is 340 g/mol. The van der Waals surface area contributed by atoms with Crippen molar-refractivity contribution in [1.82, 2.24) is 19.4 Å². The molecular formula is C15H24N4O3S. The highest BCUT2D eigenvalue weighted by Gasteiger charge is 2.30. The number of hydrogen-bond donors (Lipinski definition) is 1. The highest BCUT2D eigenvalue weighted by atomic mass is 32.2. The second kappa shape index (κ2) is 6.60. The zero-order valence-corrected chi connectivity index (χ0v) is 14.3. The SMILES string of the molecule is Cn1cc(S(=O)(=O)NCC(=O)N2CCCC2)c(C2CCCC2)n1. The third-order valence-electron chi connectivity index (χ3n) is 4.73. The molecule has 1 saturated heterocycles. The third-order valence-corrected chi connectivity index (χ3v) is 6.14. The zero-order chi connectivity index (χ0) is 16.4. The lowest BCUT2D eigenvalue weighted by Crippen LogP contribution is -2.38. The fourth-order valence-corrected chi connectivity index (χ4v) is 4.73. The summed E-state index contributed by atoms with van der Waals surface area (Å²) in [5, 5.41) is 4.37. The van der Waals surface area contributed by atoms with Crippen LogP contribution in [0.4, 0.5) is 0 Å². The van der Waals surface area contributed by atoms with Crippen molar-refractivity contribution >= 4 is 15.9 Å². The molecule has 7 nitrogen and oxygen atoms in total. The Balaban J connectivity index is 1.73. The number of likely N-dealkylation sites (tertiary alicyclic amines) is 1. The Kier molecular flexibility index (Phi) is 4.72. The maximum absolute atomic E-state index is 12.6. The molecule has 1 N–H and O–H groups in total. The second-order valence-electron chi connectivity index (χ2n) is 6.45. The van der Waals surface area contributed by atoms with Crippen molar-refractivity contribution in [3.8, 4) is 0 Å². The van der Waals surface area contributed by atoms with E-state index in [1.807, 2.05) is 0 Å². The molecule has 0 bridgehead atoms. The molecule has 1 saturated carbocycles. The second-order valence-corrected chi connectivity index (χ2v) is 8.18. The van der Waals surface area contributed by atoms with Gasteiger partial charge in [0.1, 0.15) is 4.90 Å². The van der Waals surface area contributed by atoms with Gasteiger partial charge in [0.2, 0.25) is 15.9 Å². The lowest BCUT2D eigenvalue weighted by atomic mass is 10.1. The van der Waals surface area contributed by atoms with Gasteiger partial charge in [-0.25, -0.2) is 13.1 Å². The normalized spacial score (nSPS) is 19.6. The summed E-state index contributed by atoms with van der Waals surface area (Å²) >= 11 is 0. The topological polar surface area (TPSA) is 84.3 Å². The molecule has 0 spiro atoms. The Labute approximate surface area is 137 Å². The molecular weight excluding hydrogens is 316 g/mol. The van der Waals surface area contributed by atoms with Gasteiger partial charge in [-0.1, -0.05) is 12.8 Å². The number of nitrogens with zero attached hydrogens (tertiary/aromatic N) is 3. The van der Waals surface area contributed by atoms with Crippen LogP contribution in [0.5, 0.6) is 0 Å². The highest BCUT2D eigenvalue weighted by molar-refractivity contribution is 7.89.